The van der Waals surface area contributed by atoms with E-state index in [1.54, 1.807) is 0 Å². The lowest BCUT2D eigenvalue weighted by atomic mass is 10.1. The molecule has 3 N–H and O–H groups in total. The Morgan fingerprint density at radius 3 is 2.21 bits per heavy atom. The molecule has 1 aliphatic heterocycles. The summed E-state index contributed by atoms with van der Waals surface area (Å²) in [4.78, 5) is 27.9. The zero-order chi connectivity index (χ0) is 22.9. The molecule has 1 heterocycles. The molecule has 1 fully saturated rings. The number of nitrogens with one attached hydrogen (secondary N) is 3. The van der Waals surface area contributed by atoms with Gasteiger partial charge in [0.05, 0.1) is 6.54 Å². The lowest BCUT2D eigenvalue weighted by molar-refractivity contribution is -0.121. The number of hydrogen-bond donors (Lipinski definition) is 3. The molecule has 33 heavy (non-hydrogen) atoms. The largest absolute Gasteiger partial charge is 0.371 e. The molecule has 0 radical (unpaired) electrons. The van der Waals surface area contributed by atoms with Gasteiger partial charge in [-0.15, -0.1) is 0 Å². The van der Waals surface area contributed by atoms with Crippen LogP contribution in [0.25, 0.3) is 0 Å². The van der Waals surface area contributed by atoms with E-state index in [0.717, 1.165) is 30.8 Å². The Labute approximate surface area is 195 Å². The summed E-state index contributed by atoms with van der Waals surface area (Å²) in [6.07, 6.45) is 1.05. The highest BCUT2D eigenvalue weighted by atomic mass is 16.2. The molecule has 1 saturated heterocycles. The summed E-state index contributed by atoms with van der Waals surface area (Å²) in [5.41, 5.74) is 2.76. The summed E-state index contributed by atoms with van der Waals surface area (Å²) < 4.78 is 0. The van der Waals surface area contributed by atoms with Crippen molar-refractivity contribution in [3.05, 3.63) is 96.6 Å². The molecule has 170 valence electrons. The van der Waals surface area contributed by atoms with Crippen molar-refractivity contribution in [2.45, 2.75) is 12.5 Å². The third-order valence-corrected chi connectivity index (χ3v) is 5.90. The first-order valence-corrected chi connectivity index (χ1v) is 11.4. The highest BCUT2D eigenvalue weighted by Gasteiger charge is 2.24. The van der Waals surface area contributed by atoms with E-state index in [2.05, 4.69) is 33.0 Å². The zero-order valence-electron chi connectivity index (χ0n) is 18.6. The number of rotatable bonds is 9. The molecule has 6 nitrogen and oxygen atoms in total. The van der Waals surface area contributed by atoms with Crippen LogP contribution >= 0.6 is 0 Å². The molecule has 1 aliphatic rings. The maximum Gasteiger partial charge on any atom is 0.246 e. The Morgan fingerprint density at radius 1 is 0.879 bits per heavy atom. The number of carbonyl (C=O) groups is 2. The van der Waals surface area contributed by atoms with Gasteiger partial charge in [-0.05, 0) is 42.2 Å². The molecule has 2 atom stereocenters. The molecule has 4 rings (SSSR count). The van der Waals surface area contributed by atoms with Crippen LogP contribution in [0.15, 0.2) is 91.0 Å². The van der Waals surface area contributed by atoms with E-state index in [1.165, 1.54) is 5.69 Å². The number of benzene rings is 3. The summed E-state index contributed by atoms with van der Waals surface area (Å²) >= 11 is 0. The van der Waals surface area contributed by atoms with Crippen LogP contribution in [0.1, 0.15) is 18.0 Å². The quantitative estimate of drug-likeness (QED) is 0.474. The van der Waals surface area contributed by atoms with Crippen LogP contribution in [-0.2, 0) is 9.59 Å². The van der Waals surface area contributed by atoms with Gasteiger partial charge >= 0.3 is 0 Å². The number of para-hydroxylation sites is 2. The molecule has 3 aromatic rings. The highest BCUT2D eigenvalue weighted by molar-refractivity contribution is 5.95. The van der Waals surface area contributed by atoms with Crippen LogP contribution in [0.2, 0.25) is 0 Å². The van der Waals surface area contributed by atoms with Crippen molar-refractivity contribution < 1.29 is 9.59 Å². The molecule has 2 unspecified atom stereocenters. The lowest BCUT2D eigenvalue weighted by Crippen LogP contribution is -2.41. The Kier molecular flexibility index (Phi) is 7.72. The van der Waals surface area contributed by atoms with Gasteiger partial charge in [0, 0.05) is 31.0 Å². The van der Waals surface area contributed by atoms with Crippen molar-refractivity contribution >= 4 is 23.2 Å². The zero-order valence-corrected chi connectivity index (χ0v) is 18.6. The third-order valence-electron chi connectivity index (χ3n) is 5.90. The van der Waals surface area contributed by atoms with Crippen LogP contribution in [0.4, 0.5) is 11.4 Å². The number of nitrogens with zero attached hydrogens (tertiary/aromatic N) is 1. The van der Waals surface area contributed by atoms with E-state index in [1.807, 2.05) is 78.9 Å². The van der Waals surface area contributed by atoms with Crippen LogP contribution in [0.5, 0.6) is 0 Å². The number of carbonyl (C=O) groups excluding carboxylic acids is 2. The standard InChI is InChI=1S/C27H30N4O2/c32-25(28-18-21-16-17-31(20-21)24-14-8-3-9-15-24)19-29-26(22-10-4-1-5-11-22)27(33)30-23-12-6-2-7-13-23/h1-15,21,26,29H,16-20H2,(H,28,32)(H,30,33). The minimum atomic E-state index is -0.628. The minimum Gasteiger partial charge on any atom is -0.371 e. The summed E-state index contributed by atoms with van der Waals surface area (Å²) in [6.45, 7) is 2.63. The third kappa shape index (κ3) is 6.43. The van der Waals surface area contributed by atoms with Gasteiger partial charge in [0.1, 0.15) is 6.04 Å². The van der Waals surface area contributed by atoms with Crippen LogP contribution in [0.3, 0.4) is 0 Å². The molecule has 2 amide bonds. The fraction of sp³-hybridized carbons (Fsp3) is 0.259. The second-order valence-electron chi connectivity index (χ2n) is 8.32. The Morgan fingerprint density at radius 2 is 1.52 bits per heavy atom. The van der Waals surface area contributed by atoms with E-state index >= 15 is 0 Å². The minimum absolute atomic E-state index is 0.0664. The first-order valence-electron chi connectivity index (χ1n) is 11.4. The fourth-order valence-electron chi connectivity index (χ4n) is 4.13. The van der Waals surface area contributed by atoms with E-state index in [4.69, 9.17) is 0 Å². The summed E-state index contributed by atoms with van der Waals surface area (Å²) in [5.74, 6) is 0.108. The van der Waals surface area contributed by atoms with Crippen molar-refractivity contribution in [1.82, 2.24) is 10.6 Å². The Balaban J connectivity index is 1.28. The van der Waals surface area contributed by atoms with Gasteiger partial charge < -0.3 is 15.5 Å². The molecule has 0 aromatic heterocycles. The molecule has 6 heteroatoms. The van der Waals surface area contributed by atoms with Gasteiger partial charge in [-0.25, -0.2) is 0 Å². The Bertz CT molecular complexity index is 1030. The second kappa shape index (κ2) is 11.3. The number of anilines is 2. The van der Waals surface area contributed by atoms with Crippen molar-refractivity contribution in [2.75, 3.05) is 36.4 Å². The average Bonchev–Trinajstić information content (AvgIpc) is 3.34. The molecule has 0 saturated carbocycles. The number of amides is 2. The topological polar surface area (TPSA) is 73.5 Å². The normalized spacial score (nSPS) is 16.2. The molecule has 3 aromatic carbocycles. The Hall–Kier alpha value is -3.64. The number of hydrogen-bond acceptors (Lipinski definition) is 4. The predicted octanol–water partition coefficient (Wildman–Crippen LogP) is 3.60. The molecule has 0 spiro atoms. The van der Waals surface area contributed by atoms with E-state index in [-0.39, 0.29) is 18.4 Å². The SMILES string of the molecule is O=C(CNC(C(=O)Nc1ccccc1)c1ccccc1)NCC1CCN(c2ccccc2)C1. The molecular weight excluding hydrogens is 412 g/mol. The predicted molar refractivity (Wildman–Crippen MR) is 132 cm³/mol. The van der Waals surface area contributed by atoms with Gasteiger partial charge in [0.15, 0.2) is 0 Å². The first-order chi connectivity index (χ1) is 16.2. The van der Waals surface area contributed by atoms with Gasteiger partial charge in [0.25, 0.3) is 0 Å². The van der Waals surface area contributed by atoms with Crippen LogP contribution in [0, 0.1) is 5.92 Å². The summed E-state index contributed by atoms with van der Waals surface area (Å²) in [6, 6.07) is 28.5. The van der Waals surface area contributed by atoms with Gasteiger partial charge in [-0.1, -0.05) is 66.7 Å². The van der Waals surface area contributed by atoms with Gasteiger partial charge in [0.2, 0.25) is 11.8 Å². The molecule has 0 aliphatic carbocycles. The first kappa shape index (κ1) is 22.6. The van der Waals surface area contributed by atoms with Gasteiger partial charge in [-0.2, -0.15) is 0 Å². The van der Waals surface area contributed by atoms with Crippen molar-refractivity contribution in [2.24, 2.45) is 5.92 Å². The monoisotopic (exact) mass is 442 g/mol. The highest BCUT2D eigenvalue weighted by Crippen LogP contribution is 2.23. The molecule has 0 bridgehead atoms. The van der Waals surface area contributed by atoms with Crippen molar-refractivity contribution in [3.63, 3.8) is 0 Å². The van der Waals surface area contributed by atoms with Gasteiger partial charge in [-0.3, -0.25) is 14.9 Å². The van der Waals surface area contributed by atoms with Crippen molar-refractivity contribution in [1.29, 1.82) is 0 Å². The van der Waals surface area contributed by atoms with Crippen LogP contribution in [-0.4, -0.2) is 38.0 Å². The van der Waals surface area contributed by atoms with E-state index in [9.17, 15) is 9.59 Å². The fourth-order valence-corrected chi connectivity index (χ4v) is 4.13. The van der Waals surface area contributed by atoms with Crippen molar-refractivity contribution in [3.8, 4) is 0 Å². The van der Waals surface area contributed by atoms with Crippen LogP contribution < -0.4 is 20.9 Å². The van der Waals surface area contributed by atoms with E-state index in [0.29, 0.717) is 12.5 Å². The smallest absolute Gasteiger partial charge is 0.246 e. The summed E-state index contributed by atoms with van der Waals surface area (Å²) in [7, 11) is 0. The second-order valence-corrected chi connectivity index (χ2v) is 8.32. The van der Waals surface area contributed by atoms with E-state index < -0.39 is 6.04 Å². The summed E-state index contributed by atoms with van der Waals surface area (Å²) in [5, 5.41) is 9.09. The maximum absolute atomic E-state index is 13.0. The maximum atomic E-state index is 13.0. The lowest BCUT2D eigenvalue weighted by Gasteiger charge is -2.20. The molecular formula is C27H30N4O2. The average molecular weight is 443 g/mol.